The maximum Gasteiger partial charge on any atom is 0.239 e. The average Bonchev–Trinajstić information content (AvgIpc) is 2.25. The normalized spacial score (nSPS) is 12.3. The fraction of sp³-hybridized carbons (Fsp3) is 0.533. The quantitative estimate of drug-likeness (QED) is 0.857. The Morgan fingerprint density at radius 3 is 2.28 bits per heavy atom. The minimum absolute atomic E-state index is 0.105. The van der Waals surface area contributed by atoms with Crippen molar-refractivity contribution in [2.75, 3.05) is 6.54 Å². The van der Waals surface area contributed by atoms with Crippen molar-refractivity contribution in [2.24, 2.45) is 5.73 Å². The van der Waals surface area contributed by atoms with E-state index >= 15 is 0 Å². The van der Waals surface area contributed by atoms with E-state index in [9.17, 15) is 4.79 Å². The van der Waals surface area contributed by atoms with E-state index in [1.165, 1.54) is 11.1 Å². The van der Waals surface area contributed by atoms with Gasteiger partial charge < -0.3 is 11.1 Å². The highest BCUT2D eigenvalue weighted by Crippen LogP contribution is 2.25. The Hall–Kier alpha value is -1.35. The van der Waals surface area contributed by atoms with Crippen molar-refractivity contribution < 1.29 is 4.79 Å². The Morgan fingerprint density at radius 2 is 1.78 bits per heavy atom. The van der Waals surface area contributed by atoms with Crippen LogP contribution in [0.4, 0.5) is 0 Å². The molecule has 0 saturated carbocycles. The van der Waals surface area contributed by atoms with E-state index in [4.69, 9.17) is 5.73 Å². The molecule has 0 aromatic heterocycles. The smallest absolute Gasteiger partial charge is 0.239 e. The van der Waals surface area contributed by atoms with E-state index in [0.29, 0.717) is 6.54 Å². The van der Waals surface area contributed by atoms with Crippen LogP contribution in [0.2, 0.25) is 0 Å². The highest BCUT2D eigenvalue weighted by molar-refractivity contribution is 5.85. The number of benzene rings is 1. The summed E-state index contributed by atoms with van der Waals surface area (Å²) in [6.07, 6.45) is 0. The molecule has 1 amide bonds. The Morgan fingerprint density at radius 1 is 1.22 bits per heavy atom. The SMILES string of the molecule is Cc1ccccc1C(C)(C)CNC(=O)C(C)(C)N. The van der Waals surface area contributed by atoms with Crippen molar-refractivity contribution >= 4 is 5.91 Å². The fourth-order valence-electron chi connectivity index (χ4n) is 1.96. The standard InChI is InChI=1S/C15H24N2O/c1-11-8-6-7-9-12(11)14(2,3)10-17-13(18)15(4,5)16/h6-9H,10,16H2,1-5H3,(H,17,18). The molecule has 0 fully saturated rings. The maximum atomic E-state index is 11.8. The molecule has 0 unspecified atom stereocenters. The molecule has 0 radical (unpaired) electrons. The number of hydrogen-bond acceptors (Lipinski definition) is 2. The molecular formula is C15H24N2O. The first-order valence-corrected chi connectivity index (χ1v) is 6.28. The molecule has 3 nitrogen and oxygen atoms in total. The highest BCUT2D eigenvalue weighted by atomic mass is 16.2. The van der Waals surface area contributed by atoms with E-state index in [-0.39, 0.29) is 11.3 Å². The van der Waals surface area contributed by atoms with E-state index in [0.717, 1.165) is 0 Å². The van der Waals surface area contributed by atoms with Gasteiger partial charge in [0.1, 0.15) is 0 Å². The van der Waals surface area contributed by atoms with Crippen molar-refractivity contribution in [1.29, 1.82) is 0 Å². The molecule has 3 heteroatoms. The summed E-state index contributed by atoms with van der Waals surface area (Å²) < 4.78 is 0. The van der Waals surface area contributed by atoms with Crippen molar-refractivity contribution in [3.63, 3.8) is 0 Å². The molecule has 1 aromatic rings. The molecule has 1 rings (SSSR count). The number of hydrogen-bond donors (Lipinski definition) is 2. The van der Waals surface area contributed by atoms with E-state index in [2.05, 4.69) is 38.2 Å². The summed E-state index contributed by atoms with van der Waals surface area (Å²) in [6, 6.07) is 8.25. The average molecular weight is 248 g/mol. The van der Waals surface area contributed by atoms with Crippen LogP contribution < -0.4 is 11.1 Å². The molecule has 0 atom stereocenters. The summed E-state index contributed by atoms with van der Waals surface area (Å²) in [5, 5.41) is 2.92. The molecule has 0 aliphatic heterocycles. The fourth-order valence-corrected chi connectivity index (χ4v) is 1.96. The highest BCUT2D eigenvalue weighted by Gasteiger charge is 2.27. The zero-order valence-electron chi connectivity index (χ0n) is 12.0. The summed E-state index contributed by atoms with van der Waals surface area (Å²) >= 11 is 0. The van der Waals surface area contributed by atoms with Gasteiger partial charge in [0.15, 0.2) is 0 Å². The number of nitrogens with two attached hydrogens (primary N) is 1. The van der Waals surface area contributed by atoms with Gasteiger partial charge in [-0.15, -0.1) is 0 Å². The minimum Gasteiger partial charge on any atom is -0.354 e. The monoisotopic (exact) mass is 248 g/mol. The van der Waals surface area contributed by atoms with Crippen LogP contribution in [-0.2, 0) is 10.2 Å². The molecular weight excluding hydrogens is 224 g/mol. The molecule has 18 heavy (non-hydrogen) atoms. The lowest BCUT2D eigenvalue weighted by atomic mass is 9.82. The van der Waals surface area contributed by atoms with Crippen LogP contribution in [0.1, 0.15) is 38.8 Å². The van der Waals surface area contributed by atoms with Gasteiger partial charge in [-0.25, -0.2) is 0 Å². The maximum absolute atomic E-state index is 11.8. The lowest BCUT2D eigenvalue weighted by molar-refractivity contribution is -0.125. The predicted molar refractivity (Wildman–Crippen MR) is 75.5 cm³/mol. The van der Waals surface area contributed by atoms with Crippen molar-refractivity contribution in [2.45, 2.75) is 45.6 Å². The summed E-state index contributed by atoms with van der Waals surface area (Å²) in [6.45, 7) is 10.3. The Labute approximate surface area is 110 Å². The summed E-state index contributed by atoms with van der Waals surface area (Å²) in [5.74, 6) is -0.121. The van der Waals surface area contributed by atoms with Crippen LogP contribution in [-0.4, -0.2) is 18.0 Å². The lowest BCUT2D eigenvalue weighted by Gasteiger charge is -2.29. The van der Waals surface area contributed by atoms with E-state index in [1.807, 2.05) is 12.1 Å². The predicted octanol–water partition coefficient (Wildman–Crippen LogP) is 2.13. The number of aryl methyl sites for hydroxylation is 1. The molecule has 0 heterocycles. The lowest BCUT2D eigenvalue weighted by Crippen LogP contribution is -2.51. The third-order valence-electron chi connectivity index (χ3n) is 3.15. The van der Waals surface area contributed by atoms with Gasteiger partial charge in [-0.1, -0.05) is 38.1 Å². The van der Waals surface area contributed by atoms with Crippen LogP contribution in [0.15, 0.2) is 24.3 Å². The van der Waals surface area contributed by atoms with Crippen molar-refractivity contribution in [3.8, 4) is 0 Å². The van der Waals surface area contributed by atoms with Crippen LogP contribution in [0.3, 0.4) is 0 Å². The van der Waals surface area contributed by atoms with Crippen LogP contribution >= 0.6 is 0 Å². The molecule has 100 valence electrons. The molecule has 0 bridgehead atoms. The molecule has 0 aliphatic carbocycles. The number of amides is 1. The van der Waals surface area contributed by atoms with Gasteiger partial charge in [-0.2, -0.15) is 0 Å². The van der Waals surface area contributed by atoms with Crippen molar-refractivity contribution in [1.82, 2.24) is 5.32 Å². The van der Waals surface area contributed by atoms with Gasteiger partial charge in [0.05, 0.1) is 5.54 Å². The molecule has 0 spiro atoms. The third-order valence-corrected chi connectivity index (χ3v) is 3.15. The van der Waals surface area contributed by atoms with Gasteiger partial charge in [0, 0.05) is 12.0 Å². The second-order valence-corrected chi connectivity index (χ2v) is 6.10. The molecule has 0 aliphatic rings. The Kier molecular flexibility index (Phi) is 4.17. The number of rotatable bonds is 4. The van der Waals surface area contributed by atoms with Gasteiger partial charge in [-0.05, 0) is 31.9 Å². The summed E-state index contributed by atoms with van der Waals surface area (Å²) in [7, 11) is 0. The van der Waals surface area contributed by atoms with Crippen LogP contribution in [0.25, 0.3) is 0 Å². The van der Waals surface area contributed by atoms with Crippen molar-refractivity contribution in [3.05, 3.63) is 35.4 Å². The Bertz CT molecular complexity index is 430. The molecule has 3 N–H and O–H groups in total. The van der Waals surface area contributed by atoms with Crippen LogP contribution in [0, 0.1) is 6.92 Å². The Balaban J connectivity index is 2.78. The largest absolute Gasteiger partial charge is 0.354 e. The minimum atomic E-state index is -0.832. The van der Waals surface area contributed by atoms with Gasteiger partial charge >= 0.3 is 0 Å². The summed E-state index contributed by atoms with van der Waals surface area (Å²) in [5.41, 5.74) is 7.32. The molecule has 1 aromatic carbocycles. The van der Waals surface area contributed by atoms with Crippen LogP contribution in [0.5, 0.6) is 0 Å². The number of carbonyl (C=O) groups is 1. The number of carbonyl (C=O) groups excluding carboxylic acids is 1. The van der Waals surface area contributed by atoms with Gasteiger partial charge in [-0.3, -0.25) is 4.79 Å². The number of nitrogens with one attached hydrogen (secondary N) is 1. The van der Waals surface area contributed by atoms with Gasteiger partial charge in [0.25, 0.3) is 0 Å². The second-order valence-electron chi connectivity index (χ2n) is 6.10. The zero-order chi connectivity index (χ0) is 14.0. The molecule has 0 saturated heterocycles. The first-order valence-electron chi connectivity index (χ1n) is 6.28. The first kappa shape index (κ1) is 14.7. The zero-order valence-corrected chi connectivity index (χ0v) is 12.0. The first-order chi connectivity index (χ1) is 8.14. The van der Waals surface area contributed by atoms with E-state index < -0.39 is 5.54 Å². The third kappa shape index (κ3) is 3.57. The summed E-state index contributed by atoms with van der Waals surface area (Å²) in [4.78, 5) is 11.8. The van der Waals surface area contributed by atoms with E-state index in [1.54, 1.807) is 13.8 Å². The second kappa shape index (κ2) is 5.11. The van der Waals surface area contributed by atoms with Gasteiger partial charge in [0.2, 0.25) is 5.91 Å². The topological polar surface area (TPSA) is 55.1 Å².